The van der Waals surface area contributed by atoms with Crippen LogP contribution < -0.4 is 61.6 Å². The Kier molecular flexibility index (Phi) is 8.82. The standard InChI is InChI=1S/C11H15BF4NO.K/c1-17(2)6-3-7-18-11-8-9(12(14,15)16)4-5-10(11)13;/h4-5,8H,3,6-7H2,1-2H3;/q-1;+1. The summed E-state index contributed by atoms with van der Waals surface area (Å²) in [5.74, 6) is -1.12. The van der Waals surface area contributed by atoms with Crippen LogP contribution in [0, 0.1) is 5.82 Å². The van der Waals surface area contributed by atoms with E-state index in [1.165, 1.54) is 0 Å². The molecule has 0 aliphatic rings. The fourth-order valence-electron chi connectivity index (χ4n) is 1.40. The summed E-state index contributed by atoms with van der Waals surface area (Å²) >= 11 is 0. The second kappa shape index (κ2) is 8.64. The molecule has 0 unspecified atom stereocenters. The average molecular weight is 303 g/mol. The molecular formula is C11H15BF4KNO. The Morgan fingerprint density at radius 3 is 2.37 bits per heavy atom. The molecule has 0 amide bonds. The zero-order valence-corrected chi connectivity index (χ0v) is 14.4. The van der Waals surface area contributed by atoms with Crippen LogP contribution in [0.5, 0.6) is 5.75 Å². The minimum atomic E-state index is -5.13. The topological polar surface area (TPSA) is 12.5 Å². The van der Waals surface area contributed by atoms with E-state index in [0.29, 0.717) is 12.5 Å². The number of hydrogen-bond donors (Lipinski definition) is 0. The maximum Gasteiger partial charge on any atom is 1.00 e. The van der Waals surface area contributed by atoms with Gasteiger partial charge in [-0.1, -0.05) is 6.07 Å². The van der Waals surface area contributed by atoms with Crippen molar-refractivity contribution in [2.45, 2.75) is 6.42 Å². The molecule has 0 N–H and O–H groups in total. The van der Waals surface area contributed by atoms with Crippen LogP contribution in [0.1, 0.15) is 6.42 Å². The van der Waals surface area contributed by atoms with E-state index in [9.17, 15) is 17.3 Å². The molecule has 1 aromatic rings. The summed E-state index contributed by atoms with van der Waals surface area (Å²) in [5, 5.41) is 0. The summed E-state index contributed by atoms with van der Waals surface area (Å²) in [6.07, 6.45) is 0.619. The van der Waals surface area contributed by atoms with Gasteiger partial charge in [0.2, 0.25) is 0 Å². The third kappa shape index (κ3) is 7.10. The Morgan fingerprint density at radius 2 is 1.84 bits per heavy atom. The molecule has 0 saturated carbocycles. The summed E-state index contributed by atoms with van der Waals surface area (Å²) in [4.78, 5) is 1.91. The van der Waals surface area contributed by atoms with Gasteiger partial charge < -0.3 is 22.6 Å². The van der Waals surface area contributed by atoms with E-state index < -0.39 is 18.3 Å². The van der Waals surface area contributed by atoms with E-state index in [4.69, 9.17) is 4.74 Å². The summed E-state index contributed by atoms with van der Waals surface area (Å²) in [6.45, 7) is -4.22. The van der Waals surface area contributed by atoms with Crippen molar-refractivity contribution < 1.29 is 73.5 Å². The Labute approximate surface area is 153 Å². The molecule has 0 radical (unpaired) electrons. The minimum absolute atomic E-state index is 0. The van der Waals surface area contributed by atoms with E-state index in [-0.39, 0.29) is 63.7 Å². The molecule has 0 heterocycles. The first-order valence-corrected chi connectivity index (χ1v) is 5.57. The largest absolute Gasteiger partial charge is 1.00 e. The van der Waals surface area contributed by atoms with E-state index in [1.807, 2.05) is 19.0 Å². The molecule has 19 heavy (non-hydrogen) atoms. The maximum absolute atomic E-state index is 13.2. The van der Waals surface area contributed by atoms with Crippen LogP contribution in [0.2, 0.25) is 0 Å². The van der Waals surface area contributed by atoms with Crippen molar-refractivity contribution in [2.24, 2.45) is 0 Å². The van der Waals surface area contributed by atoms with Crippen molar-refractivity contribution in [1.29, 1.82) is 0 Å². The second-order valence-electron chi connectivity index (χ2n) is 4.27. The van der Waals surface area contributed by atoms with Gasteiger partial charge in [0.05, 0.1) is 6.61 Å². The fourth-order valence-corrected chi connectivity index (χ4v) is 1.40. The van der Waals surface area contributed by atoms with Gasteiger partial charge in [0, 0.05) is 6.54 Å². The van der Waals surface area contributed by atoms with Gasteiger partial charge in [-0.3, -0.25) is 0 Å². The Bertz CT molecular complexity index is 401. The molecule has 0 aliphatic carbocycles. The first kappa shape index (κ1) is 19.4. The normalized spacial score (nSPS) is 11.3. The monoisotopic (exact) mass is 303 g/mol. The van der Waals surface area contributed by atoms with Crippen LogP contribution in [-0.4, -0.2) is 39.1 Å². The number of rotatable bonds is 6. The number of hydrogen-bond acceptors (Lipinski definition) is 2. The van der Waals surface area contributed by atoms with Crippen molar-refractivity contribution in [2.75, 3.05) is 27.2 Å². The SMILES string of the molecule is CN(C)CCCOc1cc([B-](F)(F)F)ccc1F.[K+]. The van der Waals surface area contributed by atoms with E-state index in [1.54, 1.807) is 0 Å². The van der Waals surface area contributed by atoms with Crippen molar-refractivity contribution in [3.8, 4) is 5.75 Å². The van der Waals surface area contributed by atoms with Crippen molar-refractivity contribution in [3.63, 3.8) is 0 Å². The Balaban J connectivity index is 0.00000324. The summed E-state index contributed by atoms with van der Waals surface area (Å²) in [5.41, 5.74) is -0.848. The van der Waals surface area contributed by atoms with Gasteiger partial charge >= 0.3 is 58.4 Å². The van der Waals surface area contributed by atoms with Crippen LogP contribution in [0.4, 0.5) is 17.3 Å². The van der Waals surface area contributed by atoms with E-state index >= 15 is 0 Å². The summed E-state index contributed by atoms with van der Waals surface area (Å²) in [6, 6.07) is 2.22. The molecule has 102 valence electrons. The van der Waals surface area contributed by atoms with Crippen molar-refractivity contribution in [3.05, 3.63) is 24.0 Å². The van der Waals surface area contributed by atoms with Gasteiger partial charge in [-0.2, -0.15) is 0 Å². The van der Waals surface area contributed by atoms with Crippen LogP contribution in [0.15, 0.2) is 18.2 Å². The molecule has 0 saturated heterocycles. The molecule has 0 aromatic heterocycles. The minimum Gasteiger partial charge on any atom is -0.491 e. The predicted octanol–water partition coefficient (Wildman–Crippen LogP) is -0.785. The molecular weight excluding hydrogens is 288 g/mol. The van der Waals surface area contributed by atoms with Crippen LogP contribution >= 0.6 is 0 Å². The fraction of sp³-hybridized carbons (Fsp3) is 0.455. The Morgan fingerprint density at radius 1 is 1.21 bits per heavy atom. The van der Waals surface area contributed by atoms with Crippen LogP contribution in [0.25, 0.3) is 0 Å². The van der Waals surface area contributed by atoms with Crippen molar-refractivity contribution >= 4 is 12.4 Å². The number of ether oxygens (including phenoxy) is 1. The van der Waals surface area contributed by atoms with Crippen molar-refractivity contribution in [1.82, 2.24) is 4.90 Å². The van der Waals surface area contributed by atoms with Gasteiger partial charge in [-0.05, 0) is 32.6 Å². The smallest absolute Gasteiger partial charge is 0.491 e. The molecule has 1 aromatic carbocycles. The third-order valence-electron chi connectivity index (χ3n) is 2.34. The summed E-state index contributed by atoms with van der Waals surface area (Å²) < 4.78 is 55.7. The zero-order chi connectivity index (χ0) is 13.8. The molecule has 2 nitrogen and oxygen atoms in total. The van der Waals surface area contributed by atoms with E-state index in [0.717, 1.165) is 18.7 Å². The van der Waals surface area contributed by atoms with Gasteiger partial charge in [-0.15, -0.1) is 5.46 Å². The molecule has 1 rings (SSSR count). The van der Waals surface area contributed by atoms with Gasteiger partial charge in [0.1, 0.15) is 0 Å². The molecule has 0 spiro atoms. The van der Waals surface area contributed by atoms with Crippen LogP contribution in [0.3, 0.4) is 0 Å². The maximum atomic E-state index is 13.2. The molecule has 8 heteroatoms. The predicted molar refractivity (Wildman–Crippen MR) is 63.8 cm³/mol. The molecule has 0 bridgehead atoms. The Hall–Kier alpha value is 0.401. The van der Waals surface area contributed by atoms with E-state index in [2.05, 4.69) is 0 Å². The van der Waals surface area contributed by atoms with Gasteiger partial charge in [0.25, 0.3) is 0 Å². The number of halogens is 4. The first-order chi connectivity index (χ1) is 8.30. The first-order valence-electron chi connectivity index (χ1n) is 5.57. The summed E-state index contributed by atoms with van der Waals surface area (Å²) in [7, 11) is 3.74. The third-order valence-corrected chi connectivity index (χ3v) is 2.34. The second-order valence-corrected chi connectivity index (χ2v) is 4.27. The quantitative estimate of drug-likeness (QED) is 0.388. The molecule has 0 aliphatic heterocycles. The average Bonchev–Trinajstić information content (AvgIpc) is 2.24. The number of nitrogens with zero attached hydrogens (tertiary/aromatic N) is 1. The van der Waals surface area contributed by atoms with Crippen LogP contribution in [-0.2, 0) is 0 Å². The zero-order valence-electron chi connectivity index (χ0n) is 11.3. The number of benzene rings is 1. The molecule has 0 fully saturated rings. The molecule has 0 atom stereocenters. The van der Waals surface area contributed by atoms with Gasteiger partial charge in [-0.25, -0.2) is 4.39 Å². The van der Waals surface area contributed by atoms with Gasteiger partial charge in [0.15, 0.2) is 11.6 Å².